The first-order valence-electron chi connectivity index (χ1n) is 5.40. The predicted octanol–water partition coefficient (Wildman–Crippen LogP) is 2.49. The standard InChI is InChI=1S/C13H13FO4/c1-2-18-11(15)8-4-6-9-5-3-7-10(12(9)14)13(16)17/h3-7H,2,8H2,1H3,(H,16,17). The maximum Gasteiger partial charge on any atom is 0.338 e. The lowest BCUT2D eigenvalue weighted by Gasteiger charge is -2.01. The van der Waals surface area contributed by atoms with Crippen LogP contribution in [0.4, 0.5) is 4.39 Å². The Bertz CT molecular complexity index is 480. The summed E-state index contributed by atoms with van der Waals surface area (Å²) in [4.78, 5) is 21.7. The van der Waals surface area contributed by atoms with Crippen molar-refractivity contribution in [2.75, 3.05) is 6.61 Å². The number of carbonyl (C=O) groups excluding carboxylic acids is 1. The van der Waals surface area contributed by atoms with Crippen molar-refractivity contribution in [1.82, 2.24) is 0 Å². The van der Waals surface area contributed by atoms with Gasteiger partial charge in [0.1, 0.15) is 5.82 Å². The van der Waals surface area contributed by atoms with E-state index >= 15 is 0 Å². The number of carboxylic acids is 1. The quantitative estimate of drug-likeness (QED) is 0.818. The molecule has 0 atom stereocenters. The highest BCUT2D eigenvalue weighted by Gasteiger charge is 2.11. The Balaban J connectivity index is 2.79. The van der Waals surface area contributed by atoms with E-state index < -0.39 is 23.3 Å². The second-order valence-electron chi connectivity index (χ2n) is 3.43. The molecule has 0 aliphatic carbocycles. The zero-order chi connectivity index (χ0) is 13.5. The van der Waals surface area contributed by atoms with Crippen LogP contribution in [-0.2, 0) is 9.53 Å². The van der Waals surface area contributed by atoms with Gasteiger partial charge in [-0.2, -0.15) is 0 Å². The Morgan fingerprint density at radius 1 is 1.44 bits per heavy atom. The summed E-state index contributed by atoms with van der Waals surface area (Å²) in [5, 5.41) is 8.74. The van der Waals surface area contributed by atoms with Gasteiger partial charge in [0.25, 0.3) is 0 Å². The molecule has 0 aromatic heterocycles. The molecule has 0 bridgehead atoms. The van der Waals surface area contributed by atoms with Gasteiger partial charge in [0, 0.05) is 5.56 Å². The van der Waals surface area contributed by atoms with E-state index in [9.17, 15) is 14.0 Å². The molecule has 4 nitrogen and oxygen atoms in total. The number of carboxylic acid groups (broad SMARTS) is 1. The first-order chi connectivity index (χ1) is 8.56. The van der Waals surface area contributed by atoms with E-state index in [2.05, 4.69) is 0 Å². The molecule has 0 spiro atoms. The normalized spacial score (nSPS) is 10.6. The number of hydrogen-bond donors (Lipinski definition) is 1. The van der Waals surface area contributed by atoms with Crippen LogP contribution >= 0.6 is 0 Å². The van der Waals surface area contributed by atoms with Crippen molar-refractivity contribution < 1.29 is 23.8 Å². The van der Waals surface area contributed by atoms with Gasteiger partial charge >= 0.3 is 11.9 Å². The fraction of sp³-hybridized carbons (Fsp3) is 0.231. The molecule has 0 unspecified atom stereocenters. The number of hydrogen-bond acceptors (Lipinski definition) is 3. The van der Waals surface area contributed by atoms with Gasteiger partial charge < -0.3 is 9.84 Å². The first-order valence-corrected chi connectivity index (χ1v) is 5.40. The van der Waals surface area contributed by atoms with E-state index in [1.165, 1.54) is 30.4 Å². The second-order valence-corrected chi connectivity index (χ2v) is 3.43. The number of carbonyl (C=O) groups is 2. The van der Waals surface area contributed by atoms with Gasteiger partial charge in [0.05, 0.1) is 18.6 Å². The molecule has 0 saturated carbocycles. The van der Waals surface area contributed by atoms with Crippen molar-refractivity contribution in [2.24, 2.45) is 0 Å². The Morgan fingerprint density at radius 3 is 2.78 bits per heavy atom. The summed E-state index contributed by atoms with van der Waals surface area (Å²) in [7, 11) is 0. The topological polar surface area (TPSA) is 63.6 Å². The second kappa shape index (κ2) is 6.54. The van der Waals surface area contributed by atoms with Gasteiger partial charge in [-0.15, -0.1) is 0 Å². The number of esters is 1. The highest BCUT2D eigenvalue weighted by molar-refractivity contribution is 5.88. The molecule has 0 aliphatic rings. The number of halogens is 1. The minimum Gasteiger partial charge on any atom is -0.478 e. The smallest absolute Gasteiger partial charge is 0.338 e. The average Bonchev–Trinajstić information content (AvgIpc) is 2.31. The third-order valence-corrected chi connectivity index (χ3v) is 2.15. The molecule has 0 heterocycles. The lowest BCUT2D eigenvalue weighted by atomic mass is 10.1. The van der Waals surface area contributed by atoms with Gasteiger partial charge in [-0.1, -0.05) is 24.3 Å². The lowest BCUT2D eigenvalue weighted by molar-refractivity contribution is -0.142. The third-order valence-electron chi connectivity index (χ3n) is 2.15. The lowest BCUT2D eigenvalue weighted by Crippen LogP contribution is -2.02. The van der Waals surface area contributed by atoms with Crippen LogP contribution < -0.4 is 0 Å². The molecule has 1 aromatic carbocycles. The van der Waals surface area contributed by atoms with Crippen LogP contribution in [0.15, 0.2) is 24.3 Å². The van der Waals surface area contributed by atoms with Gasteiger partial charge in [-0.3, -0.25) is 4.79 Å². The molecule has 0 saturated heterocycles. The van der Waals surface area contributed by atoms with Gasteiger partial charge in [0.2, 0.25) is 0 Å². The highest BCUT2D eigenvalue weighted by atomic mass is 19.1. The molecule has 0 aliphatic heterocycles. The van der Waals surface area contributed by atoms with E-state index in [0.29, 0.717) is 0 Å². The summed E-state index contributed by atoms with van der Waals surface area (Å²) >= 11 is 0. The Morgan fingerprint density at radius 2 is 2.17 bits per heavy atom. The van der Waals surface area contributed by atoms with Crippen molar-refractivity contribution in [1.29, 1.82) is 0 Å². The van der Waals surface area contributed by atoms with Crippen molar-refractivity contribution >= 4 is 18.0 Å². The van der Waals surface area contributed by atoms with E-state index in [1.54, 1.807) is 6.92 Å². The third kappa shape index (κ3) is 3.69. The molecule has 0 amide bonds. The van der Waals surface area contributed by atoms with Gasteiger partial charge in [0.15, 0.2) is 0 Å². The van der Waals surface area contributed by atoms with E-state index in [4.69, 9.17) is 9.84 Å². The number of aromatic carboxylic acids is 1. The van der Waals surface area contributed by atoms with Gasteiger partial charge in [-0.05, 0) is 13.0 Å². The first kappa shape index (κ1) is 13.9. The summed E-state index contributed by atoms with van der Waals surface area (Å²) in [5.41, 5.74) is -0.271. The molecule has 0 radical (unpaired) electrons. The van der Waals surface area contributed by atoms with Crippen LogP contribution in [0.25, 0.3) is 6.08 Å². The molecule has 1 aromatic rings. The highest BCUT2D eigenvalue weighted by Crippen LogP contribution is 2.14. The minimum absolute atomic E-state index is 0.0184. The average molecular weight is 252 g/mol. The van der Waals surface area contributed by atoms with E-state index in [-0.39, 0.29) is 18.6 Å². The van der Waals surface area contributed by atoms with Crippen LogP contribution in [0.5, 0.6) is 0 Å². The van der Waals surface area contributed by atoms with Crippen LogP contribution in [0, 0.1) is 5.82 Å². The molecule has 1 rings (SSSR count). The number of ether oxygens (including phenoxy) is 1. The summed E-state index contributed by atoms with van der Waals surface area (Å²) in [6.07, 6.45) is 2.81. The van der Waals surface area contributed by atoms with Crippen molar-refractivity contribution in [3.8, 4) is 0 Å². The van der Waals surface area contributed by atoms with Crippen molar-refractivity contribution in [3.63, 3.8) is 0 Å². The molecule has 5 heteroatoms. The fourth-order valence-corrected chi connectivity index (χ4v) is 1.35. The summed E-state index contributed by atoms with van der Waals surface area (Å²) in [6, 6.07) is 4.06. The Labute approximate surface area is 104 Å². The van der Waals surface area contributed by atoms with E-state index in [1.807, 2.05) is 0 Å². The van der Waals surface area contributed by atoms with Gasteiger partial charge in [-0.25, -0.2) is 9.18 Å². The van der Waals surface area contributed by atoms with Crippen LogP contribution in [0.2, 0.25) is 0 Å². The number of rotatable bonds is 5. The number of benzene rings is 1. The summed E-state index contributed by atoms with van der Waals surface area (Å²) in [5.74, 6) is -2.55. The van der Waals surface area contributed by atoms with Crippen molar-refractivity contribution in [3.05, 3.63) is 41.2 Å². The largest absolute Gasteiger partial charge is 0.478 e. The monoisotopic (exact) mass is 252 g/mol. The SMILES string of the molecule is CCOC(=O)CC=Cc1cccc(C(=O)O)c1F. The Hall–Kier alpha value is -2.17. The van der Waals surface area contributed by atoms with Crippen LogP contribution in [0.3, 0.4) is 0 Å². The zero-order valence-electron chi connectivity index (χ0n) is 9.85. The molecule has 0 fully saturated rings. The minimum atomic E-state index is -1.33. The van der Waals surface area contributed by atoms with Crippen LogP contribution in [0.1, 0.15) is 29.3 Å². The Kier molecular flexibility index (Phi) is 5.05. The summed E-state index contributed by atoms with van der Waals surface area (Å²) in [6.45, 7) is 1.98. The summed E-state index contributed by atoms with van der Waals surface area (Å²) < 4.78 is 18.3. The molecule has 18 heavy (non-hydrogen) atoms. The molecular weight excluding hydrogens is 239 g/mol. The zero-order valence-corrected chi connectivity index (χ0v) is 9.85. The molecule has 96 valence electrons. The maximum absolute atomic E-state index is 13.6. The molecular formula is C13H13FO4. The van der Waals surface area contributed by atoms with Crippen LogP contribution in [-0.4, -0.2) is 23.7 Å². The van der Waals surface area contributed by atoms with Crippen molar-refractivity contribution in [2.45, 2.75) is 13.3 Å². The molecule has 1 N–H and O–H groups in total. The van der Waals surface area contributed by atoms with E-state index in [0.717, 1.165) is 0 Å². The fourth-order valence-electron chi connectivity index (χ4n) is 1.35. The maximum atomic E-state index is 13.6. The predicted molar refractivity (Wildman–Crippen MR) is 63.6 cm³/mol.